The molecule has 2 atom stereocenters. The monoisotopic (exact) mass is 210 g/mol. The fraction of sp³-hybridized carbons (Fsp3) is 0.800. The van der Waals surface area contributed by atoms with Crippen molar-refractivity contribution in [2.24, 2.45) is 11.8 Å². The molecule has 0 radical (unpaired) electrons. The molecule has 1 aliphatic heterocycles. The smallest absolute Gasteiger partial charge is 0.108 e. The maximum absolute atomic E-state index is 5.64. The second-order valence-electron chi connectivity index (χ2n) is 4.21. The second-order valence-corrected chi connectivity index (χ2v) is 4.21. The van der Waals surface area contributed by atoms with Crippen molar-refractivity contribution in [2.45, 2.75) is 20.0 Å². The maximum Gasteiger partial charge on any atom is 0.108 e. The molecule has 0 aliphatic carbocycles. The topological polar surface area (TPSA) is 62.8 Å². The minimum absolute atomic E-state index is 0.563. The molecular weight excluding hydrogens is 192 g/mol. The van der Waals surface area contributed by atoms with Crippen LogP contribution >= 0.6 is 0 Å². The highest BCUT2D eigenvalue weighted by Crippen LogP contribution is 2.18. The SMILES string of the molecule is CC1CNCCC1COCc1cn[nH]n1. The van der Waals surface area contributed by atoms with Crippen LogP contribution in [0.1, 0.15) is 19.0 Å². The lowest BCUT2D eigenvalue weighted by Crippen LogP contribution is -2.37. The predicted octanol–water partition coefficient (Wildman–Crippen LogP) is 0.567. The molecule has 0 saturated carbocycles. The summed E-state index contributed by atoms with van der Waals surface area (Å²) in [5.41, 5.74) is 0.872. The number of nitrogens with zero attached hydrogens (tertiary/aromatic N) is 2. The van der Waals surface area contributed by atoms with Gasteiger partial charge in [-0.1, -0.05) is 6.92 Å². The zero-order valence-electron chi connectivity index (χ0n) is 9.07. The number of rotatable bonds is 4. The maximum atomic E-state index is 5.64. The number of aromatic nitrogens is 3. The van der Waals surface area contributed by atoms with Gasteiger partial charge in [-0.05, 0) is 31.3 Å². The van der Waals surface area contributed by atoms with Crippen molar-refractivity contribution in [1.82, 2.24) is 20.7 Å². The van der Waals surface area contributed by atoms with E-state index >= 15 is 0 Å². The summed E-state index contributed by atoms with van der Waals surface area (Å²) in [6, 6.07) is 0. The van der Waals surface area contributed by atoms with Gasteiger partial charge in [0.2, 0.25) is 0 Å². The molecule has 2 heterocycles. The Hall–Kier alpha value is -0.940. The van der Waals surface area contributed by atoms with E-state index in [4.69, 9.17) is 4.74 Å². The Kier molecular flexibility index (Phi) is 3.69. The summed E-state index contributed by atoms with van der Waals surface area (Å²) < 4.78 is 5.64. The summed E-state index contributed by atoms with van der Waals surface area (Å²) in [4.78, 5) is 0. The van der Waals surface area contributed by atoms with Crippen LogP contribution in [0.3, 0.4) is 0 Å². The van der Waals surface area contributed by atoms with E-state index in [0.29, 0.717) is 18.4 Å². The van der Waals surface area contributed by atoms with Gasteiger partial charge in [0.25, 0.3) is 0 Å². The molecule has 1 aliphatic rings. The summed E-state index contributed by atoms with van der Waals surface area (Å²) in [7, 11) is 0. The first kappa shape index (κ1) is 10.6. The normalized spacial score (nSPS) is 26.7. The minimum Gasteiger partial charge on any atom is -0.375 e. The predicted molar refractivity (Wildman–Crippen MR) is 56.2 cm³/mol. The first-order valence-corrected chi connectivity index (χ1v) is 5.49. The number of piperidine rings is 1. The lowest BCUT2D eigenvalue weighted by Gasteiger charge is -2.29. The Morgan fingerprint density at radius 1 is 1.60 bits per heavy atom. The van der Waals surface area contributed by atoms with Gasteiger partial charge < -0.3 is 10.1 Å². The van der Waals surface area contributed by atoms with E-state index in [1.165, 1.54) is 6.42 Å². The first-order chi connectivity index (χ1) is 7.36. The van der Waals surface area contributed by atoms with Crippen molar-refractivity contribution in [3.8, 4) is 0 Å². The van der Waals surface area contributed by atoms with Crippen molar-refractivity contribution in [3.05, 3.63) is 11.9 Å². The number of hydrogen-bond acceptors (Lipinski definition) is 4. The first-order valence-electron chi connectivity index (χ1n) is 5.49. The van der Waals surface area contributed by atoms with E-state index in [1.54, 1.807) is 6.20 Å². The molecule has 2 unspecified atom stereocenters. The van der Waals surface area contributed by atoms with Gasteiger partial charge in [-0.15, -0.1) is 0 Å². The molecule has 0 bridgehead atoms. The molecule has 0 aromatic carbocycles. The van der Waals surface area contributed by atoms with Crippen molar-refractivity contribution in [3.63, 3.8) is 0 Å². The van der Waals surface area contributed by atoms with E-state index in [9.17, 15) is 0 Å². The van der Waals surface area contributed by atoms with Gasteiger partial charge in [-0.2, -0.15) is 15.4 Å². The van der Waals surface area contributed by atoms with E-state index in [-0.39, 0.29) is 0 Å². The summed E-state index contributed by atoms with van der Waals surface area (Å²) in [5, 5.41) is 13.6. The van der Waals surface area contributed by atoms with E-state index in [2.05, 4.69) is 27.7 Å². The van der Waals surface area contributed by atoms with Crippen LogP contribution in [0.2, 0.25) is 0 Å². The quantitative estimate of drug-likeness (QED) is 0.762. The second kappa shape index (κ2) is 5.23. The molecule has 0 spiro atoms. The summed E-state index contributed by atoms with van der Waals surface area (Å²) in [6.07, 6.45) is 2.91. The van der Waals surface area contributed by atoms with E-state index in [1.807, 2.05) is 0 Å². The van der Waals surface area contributed by atoms with Crippen LogP contribution in [0.15, 0.2) is 6.20 Å². The third kappa shape index (κ3) is 3.00. The highest BCUT2D eigenvalue weighted by Gasteiger charge is 2.20. The van der Waals surface area contributed by atoms with Gasteiger partial charge in [-0.25, -0.2) is 0 Å². The Morgan fingerprint density at radius 2 is 2.53 bits per heavy atom. The van der Waals surface area contributed by atoms with Gasteiger partial charge in [-0.3, -0.25) is 0 Å². The molecule has 1 fully saturated rings. The third-order valence-corrected chi connectivity index (χ3v) is 3.01. The average molecular weight is 210 g/mol. The number of ether oxygens (including phenoxy) is 1. The van der Waals surface area contributed by atoms with Crippen LogP contribution in [0.4, 0.5) is 0 Å². The van der Waals surface area contributed by atoms with Crippen molar-refractivity contribution < 1.29 is 4.74 Å². The molecule has 0 amide bonds. The molecule has 84 valence electrons. The van der Waals surface area contributed by atoms with E-state index < -0.39 is 0 Å². The standard InChI is InChI=1S/C10H18N4O/c1-8-4-11-3-2-9(8)6-15-7-10-5-12-14-13-10/h5,8-9,11H,2-4,6-7H2,1H3,(H,12,13,14). The van der Waals surface area contributed by atoms with Crippen molar-refractivity contribution in [1.29, 1.82) is 0 Å². The Bertz CT molecular complexity index is 275. The number of nitrogens with one attached hydrogen (secondary N) is 2. The third-order valence-electron chi connectivity index (χ3n) is 3.01. The fourth-order valence-electron chi connectivity index (χ4n) is 1.93. The summed E-state index contributed by atoms with van der Waals surface area (Å²) in [6.45, 7) is 5.89. The highest BCUT2D eigenvalue weighted by molar-refractivity contribution is 4.87. The number of hydrogen-bond donors (Lipinski definition) is 2. The lowest BCUT2D eigenvalue weighted by atomic mass is 9.89. The summed E-state index contributed by atoms with van der Waals surface area (Å²) >= 11 is 0. The number of H-pyrrole nitrogens is 1. The van der Waals surface area contributed by atoms with Gasteiger partial charge in [0, 0.05) is 0 Å². The van der Waals surface area contributed by atoms with E-state index in [0.717, 1.165) is 25.4 Å². The molecular formula is C10H18N4O. The molecule has 1 aromatic heterocycles. The zero-order valence-corrected chi connectivity index (χ0v) is 9.07. The largest absolute Gasteiger partial charge is 0.375 e. The van der Waals surface area contributed by atoms with Crippen molar-refractivity contribution >= 4 is 0 Å². The Balaban J connectivity index is 1.68. The molecule has 15 heavy (non-hydrogen) atoms. The Morgan fingerprint density at radius 3 is 3.27 bits per heavy atom. The Labute approximate surface area is 89.6 Å². The van der Waals surface area contributed by atoms with Crippen LogP contribution in [0.5, 0.6) is 0 Å². The number of aromatic amines is 1. The molecule has 5 heteroatoms. The van der Waals surface area contributed by atoms with Gasteiger partial charge in [0.1, 0.15) is 5.69 Å². The van der Waals surface area contributed by atoms with Gasteiger partial charge in [0.05, 0.1) is 19.4 Å². The molecule has 1 aromatic rings. The molecule has 2 rings (SSSR count). The van der Waals surface area contributed by atoms with Crippen LogP contribution < -0.4 is 5.32 Å². The molecule has 1 saturated heterocycles. The average Bonchev–Trinajstić information content (AvgIpc) is 2.74. The molecule has 5 nitrogen and oxygen atoms in total. The van der Waals surface area contributed by atoms with Crippen LogP contribution in [0, 0.1) is 11.8 Å². The van der Waals surface area contributed by atoms with Crippen LogP contribution in [0.25, 0.3) is 0 Å². The summed E-state index contributed by atoms with van der Waals surface area (Å²) in [5.74, 6) is 1.38. The zero-order chi connectivity index (χ0) is 10.5. The fourth-order valence-corrected chi connectivity index (χ4v) is 1.93. The van der Waals surface area contributed by atoms with Crippen LogP contribution in [-0.2, 0) is 11.3 Å². The highest BCUT2D eigenvalue weighted by atomic mass is 16.5. The van der Waals surface area contributed by atoms with Crippen LogP contribution in [-0.4, -0.2) is 35.1 Å². The minimum atomic E-state index is 0.563. The lowest BCUT2D eigenvalue weighted by molar-refractivity contribution is 0.0559. The van der Waals surface area contributed by atoms with Crippen molar-refractivity contribution in [2.75, 3.05) is 19.7 Å². The van der Waals surface area contributed by atoms with Gasteiger partial charge >= 0.3 is 0 Å². The molecule has 2 N–H and O–H groups in total. The van der Waals surface area contributed by atoms with Gasteiger partial charge in [0.15, 0.2) is 0 Å².